The molecule has 4 bridgehead atoms. The lowest BCUT2D eigenvalue weighted by Gasteiger charge is -2.56. The van der Waals surface area contributed by atoms with Crippen molar-refractivity contribution in [3.05, 3.63) is 22.2 Å². The molecule has 136 valence electrons. The van der Waals surface area contributed by atoms with E-state index in [0.717, 1.165) is 30.6 Å². The van der Waals surface area contributed by atoms with E-state index in [9.17, 15) is 18.4 Å². The largest absolute Gasteiger partial charge is 0.417 e. The molecule has 0 spiro atoms. The molecule has 0 aliphatic heterocycles. The lowest BCUT2D eigenvalue weighted by atomic mass is 9.48. The molecule has 2 N–H and O–H groups in total. The second-order valence-corrected chi connectivity index (χ2v) is 9.39. The van der Waals surface area contributed by atoms with E-state index in [1.54, 1.807) is 0 Å². The highest BCUT2D eigenvalue weighted by Gasteiger charge is 2.53. The lowest BCUT2D eigenvalue weighted by molar-refractivity contribution is -0.136. The Kier molecular flexibility index (Phi) is 3.23. The number of hydrogen-bond donors (Lipinski definition) is 1. The van der Waals surface area contributed by atoms with Gasteiger partial charge in [0.25, 0.3) is 0 Å². The summed E-state index contributed by atoms with van der Waals surface area (Å²) in [6, 6.07) is 3.14. The Bertz CT molecular complexity index is 918. The first-order valence-corrected chi connectivity index (χ1v) is 9.81. The minimum Gasteiger partial charge on any atom is -0.396 e. The van der Waals surface area contributed by atoms with Crippen molar-refractivity contribution in [2.45, 2.75) is 50.1 Å². The van der Waals surface area contributed by atoms with E-state index in [1.165, 1.54) is 25.3 Å². The van der Waals surface area contributed by atoms with Crippen molar-refractivity contribution in [3.8, 4) is 6.07 Å². The quantitative estimate of drug-likeness (QED) is 0.739. The fraction of sp³-hybridized carbons (Fsp3) is 0.579. The number of fused-ring (bicyclic) bond motifs is 1. The normalized spacial score (nSPS) is 32.9. The third kappa shape index (κ3) is 2.21. The molecule has 2 aromatic heterocycles. The molecule has 7 heteroatoms. The Hall–Kier alpha value is -1.81. The second-order valence-electron chi connectivity index (χ2n) is 8.39. The third-order valence-corrected chi connectivity index (χ3v) is 7.69. The van der Waals surface area contributed by atoms with Gasteiger partial charge in [0.1, 0.15) is 15.8 Å². The first kappa shape index (κ1) is 16.4. The molecule has 3 nitrogen and oxygen atoms in total. The highest BCUT2D eigenvalue weighted by molar-refractivity contribution is 7.19. The molecule has 2 aromatic rings. The van der Waals surface area contributed by atoms with Gasteiger partial charge in [-0.05, 0) is 62.3 Å². The van der Waals surface area contributed by atoms with Crippen LogP contribution in [0.5, 0.6) is 0 Å². The van der Waals surface area contributed by atoms with Crippen LogP contribution in [-0.2, 0) is 11.6 Å². The number of alkyl halides is 3. The van der Waals surface area contributed by atoms with Gasteiger partial charge in [0.2, 0.25) is 0 Å². The zero-order valence-corrected chi connectivity index (χ0v) is 14.9. The maximum atomic E-state index is 13.8. The summed E-state index contributed by atoms with van der Waals surface area (Å²) >= 11 is 0.975. The first-order valence-electron chi connectivity index (χ1n) is 9.00. The monoisotopic (exact) mass is 377 g/mol. The molecule has 4 aliphatic rings. The van der Waals surface area contributed by atoms with Crippen LogP contribution in [0.25, 0.3) is 10.2 Å². The van der Waals surface area contributed by atoms with Crippen molar-refractivity contribution in [1.29, 1.82) is 5.26 Å². The van der Waals surface area contributed by atoms with Gasteiger partial charge in [-0.25, -0.2) is 4.98 Å². The molecule has 0 radical (unpaired) electrons. The maximum absolute atomic E-state index is 13.8. The van der Waals surface area contributed by atoms with Gasteiger partial charge in [-0.1, -0.05) is 0 Å². The standard InChI is InChI=1S/C19H18F3N3S/c20-19(21,22)12-4-14(25-17-15(12)16(24)13(8-23)26-17)18-5-9-1-10(6-18)3-11(2-9)7-18/h4,9-11H,1-3,5-7,24H2. The zero-order chi connectivity index (χ0) is 18.3. The lowest BCUT2D eigenvalue weighted by Crippen LogP contribution is -2.49. The molecule has 2 heterocycles. The summed E-state index contributed by atoms with van der Waals surface area (Å²) in [6.45, 7) is 0. The highest BCUT2D eigenvalue weighted by Crippen LogP contribution is 2.61. The predicted octanol–water partition coefficient (Wildman–Crippen LogP) is 5.24. The SMILES string of the molecule is N#Cc1sc2nc(C34CC5CC(CC(C5)C3)C4)cc(C(F)(F)F)c2c1N. The van der Waals surface area contributed by atoms with Gasteiger partial charge in [0.15, 0.2) is 0 Å². The highest BCUT2D eigenvalue weighted by atomic mass is 32.1. The number of anilines is 1. The number of thiophene rings is 1. The van der Waals surface area contributed by atoms with E-state index < -0.39 is 11.7 Å². The van der Waals surface area contributed by atoms with Crippen molar-refractivity contribution in [2.75, 3.05) is 5.73 Å². The number of aromatic nitrogens is 1. The molecule has 26 heavy (non-hydrogen) atoms. The average molecular weight is 377 g/mol. The third-order valence-electron chi connectivity index (χ3n) is 6.69. The van der Waals surface area contributed by atoms with Gasteiger partial charge in [-0.2, -0.15) is 18.4 Å². The molecule has 4 fully saturated rings. The van der Waals surface area contributed by atoms with Crippen LogP contribution < -0.4 is 5.73 Å². The van der Waals surface area contributed by atoms with Crippen LogP contribution in [0.15, 0.2) is 6.07 Å². The number of nitrogen functional groups attached to an aromatic ring is 1. The van der Waals surface area contributed by atoms with Crippen molar-refractivity contribution >= 4 is 27.2 Å². The number of nitriles is 1. The Morgan fingerprint density at radius 1 is 1.15 bits per heavy atom. The Labute approximate surface area is 153 Å². The number of halogens is 3. The summed E-state index contributed by atoms with van der Waals surface area (Å²) in [4.78, 5) is 5.02. The summed E-state index contributed by atoms with van der Waals surface area (Å²) in [5.74, 6) is 1.86. The number of rotatable bonds is 1. The molecular weight excluding hydrogens is 359 g/mol. The average Bonchev–Trinajstić information content (AvgIpc) is 2.88. The van der Waals surface area contributed by atoms with E-state index in [-0.39, 0.29) is 26.2 Å². The molecular formula is C19H18F3N3S. The van der Waals surface area contributed by atoms with E-state index in [0.29, 0.717) is 23.4 Å². The van der Waals surface area contributed by atoms with E-state index in [2.05, 4.69) is 4.98 Å². The topological polar surface area (TPSA) is 62.7 Å². The summed E-state index contributed by atoms with van der Waals surface area (Å²) < 4.78 is 41.4. The zero-order valence-electron chi connectivity index (χ0n) is 14.1. The minimum atomic E-state index is -4.51. The molecule has 0 atom stereocenters. The molecule has 4 saturated carbocycles. The van der Waals surface area contributed by atoms with Gasteiger partial charge in [-0.3, -0.25) is 0 Å². The molecule has 4 aliphatic carbocycles. The van der Waals surface area contributed by atoms with Crippen LogP contribution in [0.2, 0.25) is 0 Å². The summed E-state index contributed by atoms with van der Waals surface area (Å²) in [7, 11) is 0. The van der Waals surface area contributed by atoms with Gasteiger partial charge in [-0.15, -0.1) is 11.3 Å². The summed E-state index contributed by atoms with van der Waals surface area (Å²) in [5, 5.41) is 9.08. The summed E-state index contributed by atoms with van der Waals surface area (Å²) in [5.41, 5.74) is 5.37. The smallest absolute Gasteiger partial charge is 0.396 e. The molecule has 0 amide bonds. The fourth-order valence-electron chi connectivity index (χ4n) is 6.12. The van der Waals surface area contributed by atoms with Crippen LogP contribution in [0, 0.1) is 29.1 Å². The van der Waals surface area contributed by atoms with Crippen LogP contribution >= 0.6 is 11.3 Å². The predicted molar refractivity (Wildman–Crippen MR) is 93.6 cm³/mol. The van der Waals surface area contributed by atoms with E-state index in [1.807, 2.05) is 6.07 Å². The van der Waals surface area contributed by atoms with Crippen LogP contribution in [0.3, 0.4) is 0 Å². The molecule has 0 unspecified atom stereocenters. The molecule has 0 aromatic carbocycles. The Morgan fingerprint density at radius 3 is 2.23 bits per heavy atom. The minimum absolute atomic E-state index is 0.0932. The van der Waals surface area contributed by atoms with Crippen molar-refractivity contribution < 1.29 is 13.2 Å². The number of pyridine rings is 1. The fourth-order valence-corrected chi connectivity index (χ4v) is 7.04. The van der Waals surface area contributed by atoms with Crippen molar-refractivity contribution in [3.63, 3.8) is 0 Å². The van der Waals surface area contributed by atoms with Crippen LogP contribution in [0.1, 0.15) is 54.7 Å². The Morgan fingerprint density at radius 2 is 1.73 bits per heavy atom. The number of hydrogen-bond acceptors (Lipinski definition) is 4. The van der Waals surface area contributed by atoms with Gasteiger partial charge >= 0.3 is 6.18 Å². The van der Waals surface area contributed by atoms with Gasteiger partial charge < -0.3 is 5.73 Å². The van der Waals surface area contributed by atoms with Gasteiger partial charge in [0.05, 0.1) is 11.3 Å². The molecule has 6 rings (SSSR count). The second kappa shape index (κ2) is 5.13. The number of nitrogens with two attached hydrogens (primary N) is 1. The number of nitrogens with zero attached hydrogens (tertiary/aromatic N) is 2. The molecule has 0 saturated heterocycles. The van der Waals surface area contributed by atoms with Crippen LogP contribution in [0.4, 0.5) is 18.9 Å². The summed E-state index contributed by atoms with van der Waals surface area (Å²) in [6.07, 6.45) is 1.98. The van der Waals surface area contributed by atoms with Crippen LogP contribution in [-0.4, -0.2) is 4.98 Å². The van der Waals surface area contributed by atoms with Crippen molar-refractivity contribution in [2.24, 2.45) is 17.8 Å². The van der Waals surface area contributed by atoms with Crippen molar-refractivity contribution in [1.82, 2.24) is 4.98 Å². The van der Waals surface area contributed by atoms with E-state index >= 15 is 0 Å². The first-order chi connectivity index (χ1) is 12.3. The maximum Gasteiger partial charge on any atom is 0.417 e. The van der Waals surface area contributed by atoms with Gasteiger partial charge in [0, 0.05) is 16.5 Å². The Balaban J connectivity index is 1.74. The van der Waals surface area contributed by atoms with E-state index in [4.69, 9.17) is 5.73 Å².